The topological polar surface area (TPSA) is 57.4 Å². The predicted molar refractivity (Wildman–Crippen MR) is 235 cm³/mol. The van der Waals surface area contributed by atoms with Crippen LogP contribution in [0.1, 0.15) is 27.8 Å². The lowest BCUT2D eigenvalue weighted by atomic mass is 9.96. The molecule has 2 aromatic heterocycles. The first-order valence-electron chi connectivity index (χ1n) is 19.5. The minimum Gasteiger partial charge on any atom is -0.308 e. The van der Waals surface area contributed by atoms with Gasteiger partial charge in [0.1, 0.15) is 11.6 Å². The van der Waals surface area contributed by atoms with Gasteiger partial charge in [-0.25, -0.2) is 0 Å². The van der Waals surface area contributed by atoms with Gasteiger partial charge in [-0.15, -0.1) is 0 Å². The van der Waals surface area contributed by atoms with E-state index in [1.165, 1.54) is 6.07 Å². The van der Waals surface area contributed by atoms with Gasteiger partial charge in [0.2, 0.25) is 0 Å². The van der Waals surface area contributed by atoms with Gasteiger partial charge in [-0.05, 0) is 114 Å². The highest BCUT2D eigenvalue weighted by molar-refractivity contribution is 6.12. The Labute approximate surface area is 343 Å². The Kier molecular flexibility index (Phi) is 8.45. The average molecular weight is 783 g/mol. The van der Waals surface area contributed by atoms with Gasteiger partial charge in [-0.1, -0.05) is 108 Å². The number of hydrogen-bond acceptors (Lipinski definition) is 2. The molecule has 0 amide bonds. The van der Waals surface area contributed by atoms with E-state index in [0.29, 0.717) is 22.5 Å². The maximum atomic E-state index is 14.4. The summed E-state index contributed by atoms with van der Waals surface area (Å²) < 4.78 is 47.3. The first kappa shape index (κ1) is 36.5. The summed E-state index contributed by atoms with van der Waals surface area (Å²) in [5.74, 6) is 0. The summed E-state index contributed by atoms with van der Waals surface area (Å²) in [6.07, 6.45) is -4.69. The molecule has 10 rings (SSSR count). The quantitative estimate of drug-likeness (QED) is 0.175. The van der Waals surface area contributed by atoms with E-state index in [4.69, 9.17) is 0 Å². The van der Waals surface area contributed by atoms with Crippen LogP contribution in [0.4, 0.5) is 13.2 Å². The van der Waals surface area contributed by atoms with E-state index >= 15 is 0 Å². The Balaban J connectivity index is 1.32. The summed E-state index contributed by atoms with van der Waals surface area (Å²) in [7, 11) is 0. The van der Waals surface area contributed by atoms with Gasteiger partial charge in [-0.2, -0.15) is 23.7 Å². The van der Waals surface area contributed by atoms with Gasteiger partial charge in [0.05, 0.1) is 50.6 Å². The molecule has 0 aliphatic heterocycles. The molecule has 10 aromatic rings. The largest absolute Gasteiger partial charge is 0.416 e. The Bertz CT molecular complexity index is 3300. The van der Waals surface area contributed by atoms with E-state index in [1.54, 1.807) is 12.1 Å². The van der Waals surface area contributed by atoms with Crippen LogP contribution < -0.4 is 0 Å². The molecule has 0 bridgehead atoms. The van der Waals surface area contributed by atoms with E-state index in [-0.39, 0.29) is 11.1 Å². The Morgan fingerprint density at radius 2 is 0.883 bits per heavy atom. The Hall–Kier alpha value is -7.87. The van der Waals surface area contributed by atoms with Crippen LogP contribution in [0.3, 0.4) is 0 Å². The summed E-state index contributed by atoms with van der Waals surface area (Å²) in [5, 5.41) is 25.1. The minimum atomic E-state index is -4.69. The maximum absolute atomic E-state index is 14.4. The molecule has 0 spiro atoms. The van der Waals surface area contributed by atoms with Crippen LogP contribution in [0.15, 0.2) is 164 Å². The van der Waals surface area contributed by atoms with Crippen molar-refractivity contribution in [2.75, 3.05) is 0 Å². The van der Waals surface area contributed by atoms with Crippen LogP contribution in [0.25, 0.3) is 88.4 Å². The number of nitrogens with zero attached hydrogens (tertiary/aromatic N) is 4. The third-order valence-corrected chi connectivity index (χ3v) is 11.5. The highest BCUT2D eigenvalue weighted by Crippen LogP contribution is 2.43. The molecule has 60 heavy (non-hydrogen) atoms. The summed E-state index contributed by atoms with van der Waals surface area (Å²) in [5.41, 5.74) is 10.8. The number of halogens is 3. The minimum absolute atomic E-state index is 0.117. The highest BCUT2D eigenvalue weighted by Gasteiger charge is 2.32. The number of para-hydroxylation sites is 2. The van der Waals surface area contributed by atoms with Gasteiger partial charge >= 0.3 is 6.18 Å². The van der Waals surface area contributed by atoms with Gasteiger partial charge in [0.25, 0.3) is 0 Å². The average Bonchev–Trinajstić information content (AvgIpc) is 3.77. The molecule has 8 aromatic carbocycles. The lowest BCUT2D eigenvalue weighted by Gasteiger charge is -2.19. The van der Waals surface area contributed by atoms with Gasteiger partial charge in [0.15, 0.2) is 0 Å². The van der Waals surface area contributed by atoms with Gasteiger partial charge in [-0.3, -0.25) is 0 Å². The highest BCUT2D eigenvalue weighted by atomic mass is 19.4. The molecule has 0 unspecified atom stereocenters. The number of alkyl halides is 3. The summed E-state index contributed by atoms with van der Waals surface area (Å²) in [6, 6.07) is 56.6. The van der Waals surface area contributed by atoms with E-state index in [9.17, 15) is 23.7 Å². The summed E-state index contributed by atoms with van der Waals surface area (Å²) >= 11 is 0. The predicted octanol–water partition coefficient (Wildman–Crippen LogP) is 14.3. The van der Waals surface area contributed by atoms with Crippen LogP contribution in [0.5, 0.6) is 0 Å². The summed E-state index contributed by atoms with van der Waals surface area (Å²) in [4.78, 5) is 0. The molecule has 0 aliphatic rings. The molecule has 7 heteroatoms. The fourth-order valence-corrected chi connectivity index (χ4v) is 8.74. The monoisotopic (exact) mass is 782 g/mol. The number of fused-ring (bicyclic) bond motifs is 6. The third kappa shape index (κ3) is 5.99. The van der Waals surface area contributed by atoms with Crippen molar-refractivity contribution in [3.8, 4) is 56.9 Å². The van der Waals surface area contributed by atoms with Crippen molar-refractivity contribution in [1.82, 2.24) is 9.13 Å². The molecule has 0 saturated carbocycles. The molecule has 0 N–H and O–H groups in total. The normalized spacial score (nSPS) is 11.7. The van der Waals surface area contributed by atoms with Crippen molar-refractivity contribution in [1.29, 1.82) is 10.5 Å². The SMILES string of the molecule is Cc1cccc(-c2ccc3c(c2)c2ccccc2n3-c2cc(-c3cc(C#N)cc(C(F)(F)F)c3)cc(-n3c4ccccc4c4cc(-c5cccc(C)c5)ccc43)c2C#N)c1. The molecule has 0 aliphatic carbocycles. The van der Waals surface area contributed by atoms with E-state index in [0.717, 1.165) is 89.1 Å². The van der Waals surface area contributed by atoms with E-state index in [2.05, 4.69) is 92.7 Å². The van der Waals surface area contributed by atoms with Crippen LogP contribution >= 0.6 is 0 Å². The first-order chi connectivity index (χ1) is 29.1. The fourth-order valence-electron chi connectivity index (χ4n) is 8.74. The number of rotatable bonds is 5. The first-order valence-corrected chi connectivity index (χ1v) is 19.5. The van der Waals surface area contributed by atoms with Gasteiger partial charge < -0.3 is 9.13 Å². The number of aromatic nitrogens is 2. The second-order valence-electron chi connectivity index (χ2n) is 15.3. The molecule has 0 radical (unpaired) electrons. The summed E-state index contributed by atoms with van der Waals surface area (Å²) in [6.45, 7) is 4.12. The fraction of sp³-hybridized carbons (Fsp3) is 0.0566. The lowest BCUT2D eigenvalue weighted by Crippen LogP contribution is -2.07. The van der Waals surface area contributed by atoms with Crippen molar-refractivity contribution in [2.45, 2.75) is 20.0 Å². The molecular formula is C53H33F3N4. The lowest BCUT2D eigenvalue weighted by molar-refractivity contribution is -0.137. The number of nitriles is 2. The molecule has 0 atom stereocenters. The zero-order valence-electron chi connectivity index (χ0n) is 32.5. The van der Waals surface area contributed by atoms with Crippen LogP contribution in [0.2, 0.25) is 0 Å². The molecule has 0 saturated heterocycles. The van der Waals surface area contributed by atoms with Gasteiger partial charge in [0, 0.05) is 21.5 Å². The van der Waals surface area contributed by atoms with E-state index < -0.39 is 11.7 Å². The van der Waals surface area contributed by atoms with Crippen LogP contribution in [-0.2, 0) is 6.18 Å². The molecular weight excluding hydrogens is 750 g/mol. The smallest absolute Gasteiger partial charge is 0.308 e. The van der Waals surface area contributed by atoms with Crippen LogP contribution in [0, 0.1) is 36.5 Å². The zero-order valence-corrected chi connectivity index (χ0v) is 32.5. The maximum Gasteiger partial charge on any atom is 0.416 e. The molecule has 2 heterocycles. The second-order valence-corrected chi connectivity index (χ2v) is 15.3. The molecule has 4 nitrogen and oxygen atoms in total. The van der Waals surface area contributed by atoms with E-state index in [1.807, 2.05) is 75.9 Å². The molecule has 0 fully saturated rings. The molecule has 286 valence electrons. The van der Waals surface area contributed by atoms with Crippen molar-refractivity contribution < 1.29 is 13.2 Å². The third-order valence-electron chi connectivity index (χ3n) is 11.5. The second kappa shape index (κ2) is 13.9. The van der Waals surface area contributed by atoms with Crippen molar-refractivity contribution in [2.24, 2.45) is 0 Å². The van der Waals surface area contributed by atoms with Crippen molar-refractivity contribution in [3.05, 3.63) is 192 Å². The van der Waals surface area contributed by atoms with Crippen molar-refractivity contribution in [3.63, 3.8) is 0 Å². The van der Waals surface area contributed by atoms with Crippen LogP contribution in [-0.4, -0.2) is 9.13 Å². The standard InChI is InChI=1S/C53H33F3N4/c1-32-9-7-11-35(21-32)37-17-19-49-44(26-37)42-13-3-5-15-47(42)59(49)51-28-40(39-23-34(30-57)24-41(25-39)53(54,55)56)29-52(46(51)31-58)60-48-16-6-4-14-43(48)45-27-38(18-20-50(45)60)36-12-8-10-33(2)22-36/h3-29H,1-2H3. The number of benzene rings is 8. The zero-order chi connectivity index (χ0) is 41.3. The number of aryl methyl sites for hydroxylation is 2. The van der Waals surface area contributed by atoms with Crippen molar-refractivity contribution >= 4 is 43.6 Å². The number of hydrogen-bond donors (Lipinski definition) is 0. The Morgan fingerprint density at radius 3 is 1.35 bits per heavy atom. The Morgan fingerprint density at radius 1 is 0.417 bits per heavy atom.